The summed E-state index contributed by atoms with van der Waals surface area (Å²) < 4.78 is 70.6. The maximum absolute atomic E-state index is 13.2. The van der Waals surface area contributed by atoms with Gasteiger partial charge in [-0.15, -0.1) is 0 Å². The fraction of sp³-hybridized carbons (Fsp3) is 0.417. The van der Waals surface area contributed by atoms with Crippen LogP contribution in [0.1, 0.15) is 43.7 Å². The Hall–Kier alpha value is -2.62. The number of halogens is 4. The van der Waals surface area contributed by atoms with Gasteiger partial charge in [0.25, 0.3) is 5.91 Å². The molecule has 0 spiro atoms. The van der Waals surface area contributed by atoms with E-state index in [0.29, 0.717) is 18.4 Å². The van der Waals surface area contributed by atoms with Crippen molar-refractivity contribution in [1.29, 1.82) is 5.26 Å². The molecule has 2 rings (SSSR count). The standard InChI is InChI=1S/C24H26BrF3N2O5S/c1-23(32,22(31)30-18-7-6-17(15-29)21(14-18)24(26,27)28)16-36(33,34)20-10-8-19(9-11-20)35-13-5-3-2-4-12-25/h6-11,14,32H,2-5,12-13,16H2,1H3,(H,30,31)/t23-/m0/s1. The summed E-state index contributed by atoms with van der Waals surface area (Å²) in [7, 11) is -4.14. The van der Waals surface area contributed by atoms with Crippen molar-refractivity contribution in [2.45, 2.75) is 49.3 Å². The third-order valence-corrected chi connectivity index (χ3v) is 7.64. The highest BCUT2D eigenvalue weighted by Gasteiger charge is 2.38. The predicted molar refractivity (Wildman–Crippen MR) is 132 cm³/mol. The summed E-state index contributed by atoms with van der Waals surface area (Å²) in [6, 6.07) is 9.40. The summed E-state index contributed by atoms with van der Waals surface area (Å²) >= 11 is 3.37. The van der Waals surface area contributed by atoms with E-state index in [-0.39, 0.29) is 10.6 Å². The molecule has 2 aromatic carbocycles. The first-order valence-electron chi connectivity index (χ1n) is 11.0. The number of rotatable bonds is 12. The SMILES string of the molecule is C[C@](O)(CS(=O)(=O)c1ccc(OCCCCCCBr)cc1)C(=O)Nc1ccc(C#N)c(C(F)(F)F)c1. The summed E-state index contributed by atoms with van der Waals surface area (Å²) in [5, 5.41) is 22.4. The first kappa shape index (κ1) is 29.6. The topological polar surface area (TPSA) is 116 Å². The molecule has 1 amide bonds. The van der Waals surface area contributed by atoms with Crippen LogP contribution in [0.5, 0.6) is 5.75 Å². The second-order valence-electron chi connectivity index (χ2n) is 8.28. The minimum absolute atomic E-state index is 0.155. The van der Waals surface area contributed by atoms with Gasteiger partial charge in [0, 0.05) is 11.0 Å². The van der Waals surface area contributed by atoms with E-state index in [1.165, 1.54) is 30.3 Å². The van der Waals surface area contributed by atoms with Crippen molar-refractivity contribution in [3.63, 3.8) is 0 Å². The van der Waals surface area contributed by atoms with Crippen LogP contribution in [0.4, 0.5) is 18.9 Å². The minimum atomic E-state index is -4.85. The predicted octanol–water partition coefficient (Wildman–Crippen LogP) is 5.07. The van der Waals surface area contributed by atoms with Gasteiger partial charge in [0.15, 0.2) is 15.4 Å². The normalized spacial score (nSPS) is 13.5. The van der Waals surface area contributed by atoms with E-state index in [4.69, 9.17) is 10.00 Å². The van der Waals surface area contributed by atoms with E-state index in [0.717, 1.165) is 50.1 Å². The molecule has 1 atom stereocenters. The maximum Gasteiger partial charge on any atom is 0.417 e. The Morgan fingerprint density at radius 2 is 1.75 bits per heavy atom. The summed E-state index contributed by atoms with van der Waals surface area (Å²) in [4.78, 5) is 12.4. The van der Waals surface area contributed by atoms with E-state index >= 15 is 0 Å². The number of hydrogen-bond donors (Lipinski definition) is 2. The van der Waals surface area contributed by atoms with Crippen LogP contribution in [0.15, 0.2) is 47.4 Å². The molecule has 2 N–H and O–H groups in total. The number of carbonyl (C=O) groups is 1. The fourth-order valence-corrected chi connectivity index (χ4v) is 5.21. The van der Waals surface area contributed by atoms with Crippen LogP contribution in [-0.2, 0) is 20.8 Å². The van der Waals surface area contributed by atoms with Gasteiger partial charge < -0.3 is 15.2 Å². The summed E-state index contributed by atoms with van der Waals surface area (Å²) in [5.41, 5.74) is -4.72. The van der Waals surface area contributed by atoms with Crippen LogP contribution < -0.4 is 10.1 Å². The van der Waals surface area contributed by atoms with Crippen molar-refractivity contribution < 1.29 is 36.2 Å². The van der Waals surface area contributed by atoms with Crippen LogP contribution in [0, 0.1) is 11.3 Å². The number of benzene rings is 2. The van der Waals surface area contributed by atoms with Crippen molar-refractivity contribution in [3.8, 4) is 11.8 Å². The molecule has 196 valence electrons. The molecule has 0 heterocycles. The van der Waals surface area contributed by atoms with Gasteiger partial charge >= 0.3 is 6.18 Å². The lowest BCUT2D eigenvalue weighted by atomic mass is 10.1. The number of nitrogens with zero attached hydrogens (tertiary/aromatic N) is 1. The lowest BCUT2D eigenvalue weighted by Crippen LogP contribution is -2.45. The monoisotopic (exact) mass is 590 g/mol. The molecule has 0 bridgehead atoms. The second kappa shape index (κ2) is 12.6. The van der Waals surface area contributed by atoms with E-state index in [1.807, 2.05) is 0 Å². The number of hydrogen-bond acceptors (Lipinski definition) is 6. The average molecular weight is 591 g/mol. The lowest BCUT2D eigenvalue weighted by Gasteiger charge is -2.22. The molecule has 0 unspecified atom stereocenters. The van der Waals surface area contributed by atoms with E-state index in [1.54, 1.807) is 0 Å². The molecule has 0 radical (unpaired) electrons. The van der Waals surface area contributed by atoms with Crippen LogP contribution in [-0.4, -0.2) is 42.7 Å². The van der Waals surface area contributed by atoms with Gasteiger partial charge in [0.2, 0.25) is 0 Å². The number of anilines is 1. The highest BCUT2D eigenvalue weighted by atomic mass is 79.9. The van der Waals surface area contributed by atoms with Gasteiger partial charge in [-0.05, 0) is 62.2 Å². The number of nitrogens with one attached hydrogen (secondary N) is 1. The molecule has 36 heavy (non-hydrogen) atoms. The molecule has 2 aromatic rings. The number of carbonyl (C=O) groups excluding carboxylic acids is 1. The number of unbranched alkanes of at least 4 members (excludes halogenated alkanes) is 3. The first-order valence-corrected chi connectivity index (χ1v) is 13.7. The Morgan fingerprint density at radius 1 is 1.11 bits per heavy atom. The van der Waals surface area contributed by atoms with Crippen LogP contribution in [0.2, 0.25) is 0 Å². The molecule has 7 nitrogen and oxygen atoms in total. The molecule has 0 saturated heterocycles. The van der Waals surface area contributed by atoms with Crippen molar-refractivity contribution in [3.05, 3.63) is 53.6 Å². The lowest BCUT2D eigenvalue weighted by molar-refractivity contribution is -0.137. The molecule has 0 aromatic heterocycles. The smallest absolute Gasteiger partial charge is 0.417 e. The quantitative estimate of drug-likeness (QED) is 0.263. The van der Waals surface area contributed by atoms with Crippen LogP contribution >= 0.6 is 15.9 Å². The number of ether oxygens (including phenoxy) is 1. The Balaban J connectivity index is 2.05. The third kappa shape index (κ3) is 8.50. The number of nitriles is 1. The van der Waals surface area contributed by atoms with Crippen molar-refractivity contribution >= 4 is 37.4 Å². The molecular weight excluding hydrogens is 565 g/mol. The molecule has 0 aliphatic rings. The maximum atomic E-state index is 13.2. The van der Waals surface area contributed by atoms with Crippen LogP contribution in [0.25, 0.3) is 0 Å². The zero-order valence-corrected chi connectivity index (χ0v) is 21.8. The third-order valence-electron chi connectivity index (χ3n) is 5.14. The zero-order chi connectivity index (χ0) is 27.0. The Morgan fingerprint density at radius 3 is 2.33 bits per heavy atom. The Kier molecular flexibility index (Phi) is 10.3. The molecular formula is C24H26BrF3N2O5S. The highest BCUT2D eigenvalue weighted by Crippen LogP contribution is 2.33. The Bertz CT molecular complexity index is 1190. The summed E-state index contributed by atoms with van der Waals surface area (Å²) in [6.07, 6.45) is -0.824. The van der Waals surface area contributed by atoms with Crippen molar-refractivity contribution in [2.24, 2.45) is 0 Å². The Labute approximate surface area is 216 Å². The largest absolute Gasteiger partial charge is 0.494 e. The van der Waals surface area contributed by atoms with E-state index < -0.39 is 44.4 Å². The van der Waals surface area contributed by atoms with Gasteiger partial charge in [0.1, 0.15) is 5.75 Å². The summed E-state index contributed by atoms with van der Waals surface area (Å²) in [5.74, 6) is -1.76. The molecule has 0 fully saturated rings. The second-order valence-corrected chi connectivity index (χ2v) is 11.1. The average Bonchev–Trinajstić information content (AvgIpc) is 2.80. The van der Waals surface area contributed by atoms with Crippen molar-refractivity contribution in [2.75, 3.05) is 23.0 Å². The van der Waals surface area contributed by atoms with Gasteiger partial charge in [-0.3, -0.25) is 4.79 Å². The number of alkyl halides is 4. The van der Waals surface area contributed by atoms with Crippen LogP contribution in [0.3, 0.4) is 0 Å². The molecule has 0 aliphatic heterocycles. The van der Waals surface area contributed by atoms with Gasteiger partial charge in [-0.25, -0.2) is 8.42 Å². The first-order chi connectivity index (χ1) is 16.8. The molecule has 0 saturated carbocycles. The molecule has 0 aliphatic carbocycles. The van der Waals surface area contributed by atoms with E-state index in [9.17, 15) is 31.5 Å². The van der Waals surface area contributed by atoms with Gasteiger partial charge in [-0.2, -0.15) is 18.4 Å². The number of aliphatic hydroxyl groups is 1. The van der Waals surface area contributed by atoms with Gasteiger partial charge in [-0.1, -0.05) is 28.8 Å². The fourth-order valence-electron chi connectivity index (χ4n) is 3.22. The zero-order valence-electron chi connectivity index (χ0n) is 19.4. The highest BCUT2D eigenvalue weighted by molar-refractivity contribution is 9.09. The molecule has 12 heteroatoms. The minimum Gasteiger partial charge on any atom is -0.494 e. The van der Waals surface area contributed by atoms with Gasteiger partial charge in [0.05, 0.1) is 34.5 Å². The van der Waals surface area contributed by atoms with E-state index in [2.05, 4.69) is 21.2 Å². The van der Waals surface area contributed by atoms with Crippen molar-refractivity contribution in [1.82, 2.24) is 0 Å². The number of amides is 1. The number of sulfone groups is 1. The summed E-state index contributed by atoms with van der Waals surface area (Å²) in [6.45, 7) is 1.43.